The van der Waals surface area contributed by atoms with Crippen molar-refractivity contribution in [2.45, 2.75) is 20.1 Å². The van der Waals surface area contributed by atoms with Gasteiger partial charge in [0.15, 0.2) is 0 Å². The number of amides is 1. The molecule has 0 N–H and O–H groups in total. The van der Waals surface area contributed by atoms with E-state index in [1.165, 1.54) is 5.56 Å². The molecule has 132 valence electrons. The van der Waals surface area contributed by atoms with E-state index < -0.39 is 0 Å². The van der Waals surface area contributed by atoms with Gasteiger partial charge in [-0.3, -0.25) is 4.79 Å². The van der Waals surface area contributed by atoms with Gasteiger partial charge in [-0.15, -0.1) is 0 Å². The molecular weight excluding hydrogens is 322 g/mol. The summed E-state index contributed by atoms with van der Waals surface area (Å²) in [5.41, 5.74) is 3.97. The van der Waals surface area contributed by atoms with Crippen LogP contribution >= 0.6 is 0 Å². The number of hydrogen-bond donors (Lipinski definition) is 0. The van der Waals surface area contributed by atoms with Crippen molar-refractivity contribution in [2.75, 3.05) is 7.05 Å². The molecule has 0 radical (unpaired) electrons. The van der Waals surface area contributed by atoms with Crippen LogP contribution in [-0.2, 0) is 13.2 Å². The number of para-hydroxylation sites is 1. The van der Waals surface area contributed by atoms with Gasteiger partial charge in [-0.2, -0.15) is 0 Å². The molecule has 0 aliphatic rings. The number of nitrogens with zero attached hydrogens (tertiary/aromatic N) is 1. The minimum absolute atomic E-state index is 0.0470. The highest BCUT2D eigenvalue weighted by molar-refractivity contribution is 5.96. The van der Waals surface area contributed by atoms with Crippen LogP contribution in [0.5, 0.6) is 5.75 Å². The molecule has 3 aromatic rings. The molecule has 0 saturated heterocycles. The van der Waals surface area contributed by atoms with Gasteiger partial charge < -0.3 is 9.64 Å². The number of hydrogen-bond acceptors (Lipinski definition) is 2. The molecule has 0 aliphatic heterocycles. The smallest absolute Gasteiger partial charge is 0.257 e. The van der Waals surface area contributed by atoms with Crippen LogP contribution in [-0.4, -0.2) is 17.9 Å². The molecule has 0 aromatic heterocycles. The molecule has 0 bridgehead atoms. The zero-order valence-corrected chi connectivity index (χ0v) is 15.2. The summed E-state index contributed by atoms with van der Waals surface area (Å²) in [4.78, 5) is 14.6. The van der Waals surface area contributed by atoms with E-state index in [4.69, 9.17) is 4.74 Å². The van der Waals surface area contributed by atoms with Crippen LogP contribution in [0.1, 0.15) is 27.0 Å². The number of carbonyl (C=O) groups excluding carboxylic acids is 1. The second kappa shape index (κ2) is 8.34. The Morgan fingerprint density at radius 2 is 1.50 bits per heavy atom. The van der Waals surface area contributed by atoms with Crippen molar-refractivity contribution in [3.63, 3.8) is 0 Å². The fourth-order valence-electron chi connectivity index (χ4n) is 2.75. The largest absolute Gasteiger partial charge is 0.488 e. The lowest BCUT2D eigenvalue weighted by molar-refractivity contribution is 0.0780. The highest BCUT2D eigenvalue weighted by Crippen LogP contribution is 2.21. The van der Waals surface area contributed by atoms with Gasteiger partial charge in [0.05, 0.1) is 5.56 Å². The molecule has 3 nitrogen and oxygen atoms in total. The molecule has 0 aliphatic carbocycles. The standard InChI is InChI=1S/C23H23NO2/c1-18-12-14-19(15-13-18)16-24(2)23(25)21-10-6-7-11-22(21)26-17-20-8-4-3-5-9-20/h3-15H,16-17H2,1-2H3. The Balaban J connectivity index is 1.71. The van der Waals surface area contributed by atoms with Crippen molar-refractivity contribution in [2.24, 2.45) is 0 Å². The van der Waals surface area contributed by atoms with Crippen molar-refractivity contribution in [3.8, 4) is 5.75 Å². The molecule has 0 heterocycles. The van der Waals surface area contributed by atoms with Crippen molar-refractivity contribution >= 4 is 5.91 Å². The minimum atomic E-state index is -0.0470. The van der Waals surface area contributed by atoms with Crippen LogP contribution < -0.4 is 4.74 Å². The van der Waals surface area contributed by atoms with Crippen LogP contribution in [0.3, 0.4) is 0 Å². The van der Waals surface area contributed by atoms with E-state index in [-0.39, 0.29) is 5.91 Å². The number of aryl methyl sites for hydroxylation is 1. The van der Waals surface area contributed by atoms with Gasteiger partial charge in [-0.05, 0) is 30.2 Å². The van der Waals surface area contributed by atoms with Crippen LogP contribution in [0.2, 0.25) is 0 Å². The molecule has 3 aromatic carbocycles. The van der Waals surface area contributed by atoms with E-state index in [1.807, 2.05) is 61.6 Å². The number of rotatable bonds is 6. The summed E-state index contributed by atoms with van der Waals surface area (Å²) in [6.07, 6.45) is 0. The SMILES string of the molecule is Cc1ccc(CN(C)C(=O)c2ccccc2OCc2ccccc2)cc1. The highest BCUT2D eigenvalue weighted by atomic mass is 16.5. The molecule has 0 spiro atoms. The van der Waals surface area contributed by atoms with Crippen molar-refractivity contribution in [1.29, 1.82) is 0 Å². The first-order chi connectivity index (χ1) is 12.6. The summed E-state index contributed by atoms with van der Waals surface area (Å²) in [5.74, 6) is 0.561. The maximum absolute atomic E-state index is 12.9. The monoisotopic (exact) mass is 345 g/mol. The fraction of sp³-hybridized carbons (Fsp3) is 0.174. The Labute approximate surface area is 154 Å². The maximum atomic E-state index is 12.9. The van der Waals surface area contributed by atoms with Gasteiger partial charge in [0.25, 0.3) is 5.91 Å². The van der Waals surface area contributed by atoms with E-state index in [2.05, 4.69) is 31.2 Å². The lowest BCUT2D eigenvalue weighted by atomic mass is 10.1. The third-order valence-electron chi connectivity index (χ3n) is 4.24. The van der Waals surface area contributed by atoms with Crippen LogP contribution in [0.25, 0.3) is 0 Å². The Bertz CT molecular complexity index is 857. The summed E-state index contributed by atoms with van der Waals surface area (Å²) in [5, 5.41) is 0. The van der Waals surface area contributed by atoms with E-state index in [9.17, 15) is 4.79 Å². The van der Waals surface area contributed by atoms with Crippen LogP contribution in [0, 0.1) is 6.92 Å². The van der Waals surface area contributed by atoms with Crippen LogP contribution in [0.15, 0.2) is 78.9 Å². The summed E-state index contributed by atoms with van der Waals surface area (Å²) in [7, 11) is 1.82. The minimum Gasteiger partial charge on any atom is -0.488 e. The van der Waals surface area contributed by atoms with Gasteiger partial charge in [0.1, 0.15) is 12.4 Å². The lowest BCUT2D eigenvalue weighted by Crippen LogP contribution is -2.26. The molecule has 0 saturated carbocycles. The number of ether oxygens (including phenoxy) is 1. The van der Waals surface area contributed by atoms with E-state index in [0.29, 0.717) is 24.5 Å². The van der Waals surface area contributed by atoms with Crippen LogP contribution in [0.4, 0.5) is 0 Å². The molecule has 0 fully saturated rings. The predicted molar refractivity (Wildman–Crippen MR) is 104 cm³/mol. The number of benzene rings is 3. The highest BCUT2D eigenvalue weighted by Gasteiger charge is 2.16. The summed E-state index contributed by atoms with van der Waals surface area (Å²) < 4.78 is 5.91. The maximum Gasteiger partial charge on any atom is 0.257 e. The molecule has 0 unspecified atom stereocenters. The van der Waals surface area contributed by atoms with Gasteiger partial charge >= 0.3 is 0 Å². The zero-order valence-electron chi connectivity index (χ0n) is 15.2. The fourth-order valence-corrected chi connectivity index (χ4v) is 2.75. The lowest BCUT2D eigenvalue weighted by Gasteiger charge is -2.19. The molecule has 3 heteroatoms. The zero-order chi connectivity index (χ0) is 18.4. The van der Waals surface area contributed by atoms with E-state index in [0.717, 1.165) is 11.1 Å². The second-order valence-electron chi connectivity index (χ2n) is 6.42. The summed E-state index contributed by atoms with van der Waals surface area (Å²) in [6, 6.07) is 25.6. The first-order valence-corrected chi connectivity index (χ1v) is 8.70. The van der Waals surface area contributed by atoms with E-state index in [1.54, 1.807) is 4.90 Å². The first kappa shape index (κ1) is 17.7. The molecule has 3 rings (SSSR count). The average molecular weight is 345 g/mol. The quantitative estimate of drug-likeness (QED) is 0.639. The van der Waals surface area contributed by atoms with Crippen molar-refractivity contribution in [3.05, 3.63) is 101 Å². The Kier molecular flexibility index (Phi) is 5.69. The second-order valence-corrected chi connectivity index (χ2v) is 6.42. The van der Waals surface area contributed by atoms with Gasteiger partial charge in [-0.1, -0.05) is 72.3 Å². The third-order valence-corrected chi connectivity index (χ3v) is 4.24. The molecule has 1 amide bonds. The Morgan fingerprint density at radius 3 is 2.23 bits per heavy atom. The normalized spacial score (nSPS) is 10.4. The van der Waals surface area contributed by atoms with Gasteiger partial charge in [0.2, 0.25) is 0 Å². The molecular formula is C23H23NO2. The molecule has 26 heavy (non-hydrogen) atoms. The van der Waals surface area contributed by atoms with Gasteiger partial charge in [0, 0.05) is 13.6 Å². The Morgan fingerprint density at radius 1 is 0.846 bits per heavy atom. The van der Waals surface area contributed by atoms with Crippen molar-refractivity contribution in [1.82, 2.24) is 4.90 Å². The summed E-state index contributed by atoms with van der Waals surface area (Å²) in [6.45, 7) is 3.05. The van der Waals surface area contributed by atoms with Gasteiger partial charge in [-0.25, -0.2) is 0 Å². The topological polar surface area (TPSA) is 29.5 Å². The summed E-state index contributed by atoms with van der Waals surface area (Å²) >= 11 is 0. The van der Waals surface area contributed by atoms with Crippen molar-refractivity contribution < 1.29 is 9.53 Å². The number of carbonyl (C=O) groups is 1. The molecule has 0 atom stereocenters. The third kappa shape index (κ3) is 4.51. The predicted octanol–water partition coefficient (Wildman–Crippen LogP) is 4.85. The Hall–Kier alpha value is -3.07. The van der Waals surface area contributed by atoms with E-state index >= 15 is 0 Å². The first-order valence-electron chi connectivity index (χ1n) is 8.70. The average Bonchev–Trinajstić information content (AvgIpc) is 2.68.